The monoisotopic (exact) mass is 166 g/mol. The molecule has 2 nitrogen and oxygen atoms in total. The third-order valence-corrected chi connectivity index (χ3v) is 2.20. The molecular weight excluding hydrogens is 156 g/mol. The Bertz CT molecular complexity index is 122. The van der Waals surface area contributed by atoms with E-state index in [4.69, 9.17) is 23.7 Å². The molecule has 1 rings (SSSR count). The fourth-order valence-corrected chi connectivity index (χ4v) is 0.989. The Hall–Kier alpha value is 0.140. The van der Waals surface area contributed by atoms with E-state index in [1.807, 2.05) is 0 Å². The van der Waals surface area contributed by atoms with Crippen molar-refractivity contribution in [3.63, 3.8) is 0 Å². The molecule has 1 saturated carbocycles. The van der Waals surface area contributed by atoms with Gasteiger partial charge in [0.25, 0.3) is 0 Å². The van der Waals surface area contributed by atoms with Crippen LogP contribution in [-0.2, 0) is 0 Å². The van der Waals surface area contributed by atoms with Crippen molar-refractivity contribution < 1.29 is 0 Å². The molecule has 0 bridgehead atoms. The van der Waals surface area contributed by atoms with E-state index in [2.05, 4.69) is 0 Å². The van der Waals surface area contributed by atoms with Gasteiger partial charge in [0.1, 0.15) is 0 Å². The normalized spacial score (nSPS) is 20.1. The van der Waals surface area contributed by atoms with E-state index in [9.17, 15) is 0 Å². The lowest BCUT2D eigenvalue weighted by molar-refractivity contribution is 0.717. The number of halogens is 1. The summed E-state index contributed by atoms with van der Waals surface area (Å²) in [6, 6.07) is 0. The third-order valence-electron chi connectivity index (χ3n) is 1.77. The number of thiocarbonyl (C=S) groups is 1. The van der Waals surface area contributed by atoms with Gasteiger partial charge in [-0.25, -0.2) is 0 Å². The van der Waals surface area contributed by atoms with Gasteiger partial charge in [-0.15, -0.1) is 12.4 Å². The molecular formula is C5H11ClN2S. The van der Waals surface area contributed by atoms with Gasteiger partial charge in [-0.05, 0) is 12.8 Å². The Labute approximate surface area is 66.4 Å². The van der Waals surface area contributed by atoms with Crippen LogP contribution in [0.5, 0.6) is 0 Å². The van der Waals surface area contributed by atoms with E-state index in [-0.39, 0.29) is 17.8 Å². The van der Waals surface area contributed by atoms with Crippen LogP contribution in [0.25, 0.3) is 0 Å². The van der Waals surface area contributed by atoms with E-state index in [1.54, 1.807) is 0 Å². The van der Waals surface area contributed by atoms with Crippen molar-refractivity contribution in [2.45, 2.75) is 12.8 Å². The van der Waals surface area contributed by atoms with Crippen LogP contribution in [0.3, 0.4) is 0 Å². The summed E-state index contributed by atoms with van der Waals surface area (Å²) >= 11 is 4.79. The summed E-state index contributed by atoms with van der Waals surface area (Å²) in [6.07, 6.45) is 2.19. The summed E-state index contributed by atoms with van der Waals surface area (Å²) in [5.74, 6) is 0. The largest absolute Gasteiger partial charge is 0.393 e. The first-order valence-corrected chi connectivity index (χ1v) is 3.12. The first-order chi connectivity index (χ1) is 3.71. The first kappa shape index (κ1) is 9.14. The van der Waals surface area contributed by atoms with Crippen LogP contribution < -0.4 is 11.5 Å². The maximum Gasteiger partial charge on any atom is 0.0802 e. The average molecular weight is 167 g/mol. The predicted molar refractivity (Wildman–Crippen MR) is 44.8 cm³/mol. The summed E-state index contributed by atoms with van der Waals surface area (Å²) in [7, 11) is 0. The van der Waals surface area contributed by atoms with E-state index >= 15 is 0 Å². The van der Waals surface area contributed by atoms with Gasteiger partial charge in [0.05, 0.1) is 4.99 Å². The lowest BCUT2D eigenvalue weighted by atomic mass is 10.1. The maximum atomic E-state index is 5.40. The van der Waals surface area contributed by atoms with Gasteiger partial charge in [-0.3, -0.25) is 0 Å². The van der Waals surface area contributed by atoms with Crippen molar-refractivity contribution >= 4 is 29.6 Å². The highest BCUT2D eigenvalue weighted by Crippen LogP contribution is 2.44. The Morgan fingerprint density at radius 1 is 1.56 bits per heavy atom. The molecule has 1 aliphatic rings. The van der Waals surface area contributed by atoms with Gasteiger partial charge < -0.3 is 11.5 Å². The highest BCUT2D eigenvalue weighted by atomic mass is 35.5. The van der Waals surface area contributed by atoms with Gasteiger partial charge >= 0.3 is 0 Å². The summed E-state index contributed by atoms with van der Waals surface area (Å²) in [6.45, 7) is 0.627. The van der Waals surface area contributed by atoms with E-state index in [1.165, 1.54) is 0 Å². The summed E-state index contributed by atoms with van der Waals surface area (Å²) in [4.78, 5) is 0.597. The number of hydrogen-bond donors (Lipinski definition) is 2. The van der Waals surface area contributed by atoms with E-state index in [0.717, 1.165) is 12.8 Å². The number of nitrogens with two attached hydrogens (primary N) is 2. The highest BCUT2D eigenvalue weighted by molar-refractivity contribution is 7.80. The second kappa shape index (κ2) is 2.82. The van der Waals surface area contributed by atoms with Gasteiger partial charge in [0.2, 0.25) is 0 Å². The molecule has 0 radical (unpaired) electrons. The van der Waals surface area contributed by atoms with Crippen LogP contribution in [0.1, 0.15) is 12.8 Å². The summed E-state index contributed by atoms with van der Waals surface area (Å²) < 4.78 is 0. The fraction of sp³-hybridized carbons (Fsp3) is 0.800. The molecule has 0 atom stereocenters. The smallest absolute Gasteiger partial charge is 0.0802 e. The molecule has 9 heavy (non-hydrogen) atoms. The molecule has 54 valence electrons. The summed E-state index contributed by atoms with van der Waals surface area (Å²) in [5, 5.41) is 0. The predicted octanol–water partition coefficient (Wildman–Crippen LogP) is 0.433. The lowest BCUT2D eigenvalue weighted by Crippen LogP contribution is -2.29. The zero-order valence-electron chi connectivity index (χ0n) is 5.09. The van der Waals surface area contributed by atoms with Gasteiger partial charge in [0.15, 0.2) is 0 Å². The molecule has 1 aliphatic carbocycles. The Morgan fingerprint density at radius 2 is 2.00 bits per heavy atom. The van der Waals surface area contributed by atoms with E-state index in [0.29, 0.717) is 11.5 Å². The molecule has 0 saturated heterocycles. The second-order valence-corrected chi connectivity index (χ2v) is 2.79. The standard InChI is InChI=1S/C5H10N2S.ClH/c6-3-5(1-2-5)4(7)8;/h1-3,6H2,(H2,7,8);1H. The van der Waals surface area contributed by atoms with Crippen molar-refractivity contribution in [1.29, 1.82) is 0 Å². The quantitative estimate of drug-likeness (QED) is 0.586. The average Bonchev–Trinajstić information content (AvgIpc) is 2.44. The van der Waals surface area contributed by atoms with Gasteiger partial charge in [0, 0.05) is 12.0 Å². The molecule has 0 heterocycles. The van der Waals surface area contributed by atoms with Crippen LogP contribution in [0.4, 0.5) is 0 Å². The Kier molecular flexibility index (Phi) is 2.86. The van der Waals surface area contributed by atoms with Crippen LogP contribution in [0, 0.1) is 5.41 Å². The van der Waals surface area contributed by atoms with Crippen molar-refractivity contribution in [3.8, 4) is 0 Å². The van der Waals surface area contributed by atoms with Gasteiger partial charge in [-0.2, -0.15) is 0 Å². The van der Waals surface area contributed by atoms with Crippen molar-refractivity contribution in [2.24, 2.45) is 16.9 Å². The van der Waals surface area contributed by atoms with Gasteiger partial charge in [-0.1, -0.05) is 12.2 Å². The van der Waals surface area contributed by atoms with Crippen LogP contribution >= 0.6 is 24.6 Å². The van der Waals surface area contributed by atoms with Crippen LogP contribution in [0.2, 0.25) is 0 Å². The van der Waals surface area contributed by atoms with Crippen molar-refractivity contribution in [3.05, 3.63) is 0 Å². The highest BCUT2D eigenvalue weighted by Gasteiger charge is 2.43. The van der Waals surface area contributed by atoms with Crippen molar-refractivity contribution in [1.82, 2.24) is 0 Å². The van der Waals surface area contributed by atoms with E-state index < -0.39 is 0 Å². The minimum atomic E-state index is 0. The zero-order valence-corrected chi connectivity index (χ0v) is 6.73. The molecule has 1 fully saturated rings. The zero-order chi connectivity index (χ0) is 6.20. The third kappa shape index (κ3) is 1.53. The van der Waals surface area contributed by atoms with Crippen molar-refractivity contribution in [2.75, 3.05) is 6.54 Å². The molecule has 0 spiro atoms. The Morgan fingerprint density at radius 3 is 2.00 bits per heavy atom. The molecule has 0 amide bonds. The van der Waals surface area contributed by atoms with Crippen LogP contribution in [0.15, 0.2) is 0 Å². The molecule has 0 aliphatic heterocycles. The fourth-order valence-electron chi connectivity index (χ4n) is 0.702. The Balaban J connectivity index is 0.000000640. The maximum absolute atomic E-state index is 5.40. The minimum absolute atomic E-state index is 0. The SMILES string of the molecule is Cl.NCC1(C(N)=S)CC1. The first-order valence-electron chi connectivity index (χ1n) is 2.71. The molecule has 0 aromatic heterocycles. The molecule has 4 heteroatoms. The van der Waals surface area contributed by atoms with Crippen LogP contribution in [-0.4, -0.2) is 11.5 Å². The number of rotatable bonds is 2. The minimum Gasteiger partial charge on any atom is -0.393 e. The number of hydrogen-bond acceptors (Lipinski definition) is 2. The molecule has 0 aromatic rings. The second-order valence-electron chi connectivity index (χ2n) is 2.35. The lowest BCUT2D eigenvalue weighted by Gasteiger charge is -2.07. The molecule has 4 N–H and O–H groups in total. The molecule has 0 unspecified atom stereocenters. The summed E-state index contributed by atoms with van der Waals surface area (Å²) in [5.41, 5.74) is 10.9. The molecule has 0 aromatic carbocycles. The topological polar surface area (TPSA) is 52.0 Å².